The fraction of sp³-hybridized carbons (Fsp3) is 0.857. The van der Waals surface area contributed by atoms with Crippen molar-refractivity contribution in [1.82, 2.24) is 15.1 Å². The van der Waals surface area contributed by atoms with E-state index in [1.807, 2.05) is 9.80 Å². The number of piperidine rings is 1. The Labute approximate surface area is 125 Å². The molecule has 2 aliphatic heterocycles. The molecule has 2 amide bonds. The number of rotatable bonds is 5. The van der Waals surface area contributed by atoms with Crippen LogP contribution in [-0.4, -0.2) is 72.4 Å². The standard InChI is InChI=1S/C14H25N3O2S/c1-20-9-3-5-13(18)16-7-2-4-12(11-16)17-8-6-15-10-14(17)19/h12,15H,2-11H2,1H3. The minimum absolute atomic E-state index is 0.179. The average Bonchev–Trinajstić information content (AvgIpc) is 2.48. The summed E-state index contributed by atoms with van der Waals surface area (Å²) >= 11 is 1.78. The van der Waals surface area contributed by atoms with Crippen LogP contribution in [0.3, 0.4) is 0 Å². The van der Waals surface area contributed by atoms with Crippen molar-refractivity contribution in [2.75, 3.05) is 44.7 Å². The SMILES string of the molecule is CSCCCC(=O)N1CCCC(N2CCNCC2=O)C1. The molecule has 0 aliphatic carbocycles. The van der Waals surface area contributed by atoms with Gasteiger partial charge in [0, 0.05) is 38.6 Å². The summed E-state index contributed by atoms with van der Waals surface area (Å²) in [6.07, 6.45) is 5.70. The molecule has 0 aromatic carbocycles. The van der Waals surface area contributed by atoms with Crippen molar-refractivity contribution in [2.45, 2.75) is 31.7 Å². The molecule has 0 bridgehead atoms. The summed E-state index contributed by atoms with van der Waals surface area (Å²) in [6, 6.07) is 0.225. The Morgan fingerprint density at radius 2 is 2.30 bits per heavy atom. The van der Waals surface area contributed by atoms with E-state index in [0.29, 0.717) is 13.0 Å². The third-order valence-corrected chi connectivity index (χ3v) is 4.75. The zero-order valence-corrected chi connectivity index (χ0v) is 13.1. The van der Waals surface area contributed by atoms with Gasteiger partial charge in [0.15, 0.2) is 0 Å². The van der Waals surface area contributed by atoms with Crippen LogP contribution in [0.1, 0.15) is 25.7 Å². The molecule has 20 heavy (non-hydrogen) atoms. The van der Waals surface area contributed by atoms with E-state index in [-0.39, 0.29) is 17.9 Å². The first-order valence-corrected chi connectivity index (χ1v) is 8.88. The first-order valence-electron chi connectivity index (χ1n) is 7.49. The second-order valence-corrected chi connectivity index (χ2v) is 6.48. The van der Waals surface area contributed by atoms with Crippen molar-refractivity contribution in [3.05, 3.63) is 0 Å². The molecule has 1 atom stereocenters. The first-order chi connectivity index (χ1) is 9.72. The van der Waals surface area contributed by atoms with E-state index in [4.69, 9.17) is 0 Å². The number of hydrogen-bond acceptors (Lipinski definition) is 4. The molecule has 0 spiro atoms. The fourth-order valence-electron chi connectivity index (χ4n) is 2.97. The molecule has 0 radical (unpaired) electrons. The van der Waals surface area contributed by atoms with Gasteiger partial charge in [0.2, 0.25) is 11.8 Å². The third kappa shape index (κ3) is 4.12. The molecule has 114 valence electrons. The number of thioether (sulfide) groups is 1. The van der Waals surface area contributed by atoms with Gasteiger partial charge in [-0.2, -0.15) is 11.8 Å². The molecule has 1 N–H and O–H groups in total. The summed E-state index contributed by atoms with van der Waals surface area (Å²) in [4.78, 5) is 28.1. The van der Waals surface area contributed by atoms with Gasteiger partial charge in [-0.3, -0.25) is 9.59 Å². The molecular formula is C14H25N3O2S. The van der Waals surface area contributed by atoms with E-state index in [1.54, 1.807) is 11.8 Å². The minimum atomic E-state index is 0.179. The van der Waals surface area contributed by atoms with Crippen molar-refractivity contribution in [1.29, 1.82) is 0 Å². The zero-order chi connectivity index (χ0) is 14.4. The minimum Gasteiger partial charge on any atom is -0.341 e. The average molecular weight is 299 g/mol. The van der Waals surface area contributed by atoms with Gasteiger partial charge in [-0.15, -0.1) is 0 Å². The van der Waals surface area contributed by atoms with Crippen LogP contribution >= 0.6 is 11.8 Å². The van der Waals surface area contributed by atoms with Crippen molar-refractivity contribution in [3.8, 4) is 0 Å². The van der Waals surface area contributed by atoms with Gasteiger partial charge in [0.05, 0.1) is 6.54 Å². The number of nitrogens with zero attached hydrogens (tertiary/aromatic N) is 2. The van der Waals surface area contributed by atoms with Crippen molar-refractivity contribution in [2.24, 2.45) is 0 Å². The lowest BCUT2D eigenvalue weighted by Crippen LogP contribution is -2.57. The number of carbonyl (C=O) groups excluding carboxylic acids is 2. The van der Waals surface area contributed by atoms with Crippen molar-refractivity contribution < 1.29 is 9.59 Å². The molecule has 5 nitrogen and oxygen atoms in total. The van der Waals surface area contributed by atoms with Gasteiger partial charge < -0.3 is 15.1 Å². The van der Waals surface area contributed by atoms with E-state index in [9.17, 15) is 9.59 Å². The highest BCUT2D eigenvalue weighted by molar-refractivity contribution is 7.98. The fourth-order valence-corrected chi connectivity index (χ4v) is 3.40. The number of likely N-dealkylation sites (tertiary alicyclic amines) is 1. The smallest absolute Gasteiger partial charge is 0.236 e. The van der Waals surface area contributed by atoms with E-state index in [1.165, 1.54) is 0 Å². The molecule has 2 aliphatic rings. The maximum Gasteiger partial charge on any atom is 0.236 e. The van der Waals surface area contributed by atoms with Crippen LogP contribution in [0.4, 0.5) is 0 Å². The summed E-state index contributed by atoms with van der Waals surface area (Å²) in [5.74, 6) is 1.48. The lowest BCUT2D eigenvalue weighted by Gasteiger charge is -2.41. The van der Waals surface area contributed by atoms with E-state index >= 15 is 0 Å². The predicted molar refractivity (Wildman–Crippen MR) is 81.8 cm³/mol. The molecule has 6 heteroatoms. The van der Waals surface area contributed by atoms with Crippen LogP contribution in [0.2, 0.25) is 0 Å². The molecule has 2 heterocycles. The second kappa shape index (κ2) is 7.88. The predicted octanol–water partition coefficient (Wildman–Crippen LogP) is 0.552. The van der Waals surface area contributed by atoms with Gasteiger partial charge in [-0.25, -0.2) is 0 Å². The normalized spacial score (nSPS) is 24.1. The molecule has 2 saturated heterocycles. The summed E-state index contributed by atoms with van der Waals surface area (Å²) < 4.78 is 0. The van der Waals surface area contributed by atoms with Gasteiger partial charge >= 0.3 is 0 Å². The maximum absolute atomic E-state index is 12.2. The maximum atomic E-state index is 12.2. The summed E-state index contributed by atoms with van der Waals surface area (Å²) in [5.41, 5.74) is 0. The highest BCUT2D eigenvalue weighted by atomic mass is 32.2. The topological polar surface area (TPSA) is 52.7 Å². The van der Waals surface area contributed by atoms with Crippen LogP contribution in [0, 0.1) is 0 Å². The van der Waals surface area contributed by atoms with Gasteiger partial charge in [-0.05, 0) is 31.3 Å². The van der Waals surface area contributed by atoms with Gasteiger partial charge in [-0.1, -0.05) is 0 Å². The Bertz CT molecular complexity index is 351. The summed E-state index contributed by atoms with van der Waals surface area (Å²) in [5, 5.41) is 3.10. The molecular weight excluding hydrogens is 274 g/mol. The molecule has 2 rings (SSSR count). The second-order valence-electron chi connectivity index (χ2n) is 5.50. The van der Waals surface area contributed by atoms with Crippen LogP contribution in [0.15, 0.2) is 0 Å². The Kier molecular flexibility index (Phi) is 6.16. The molecule has 1 unspecified atom stereocenters. The highest BCUT2D eigenvalue weighted by Gasteiger charge is 2.31. The summed E-state index contributed by atoms with van der Waals surface area (Å²) in [6.45, 7) is 3.67. The Morgan fingerprint density at radius 3 is 3.05 bits per heavy atom. The number of hydrogen-bond donors (Lipinski definition) is 1. The number of piperazine rings is 1. The third-order valence-electron chi connectivity index (χ3n) is 4.06. The lowest BCUT2D eigenvalue weighted by atomic mass is 10.0. The zero-order valence-electron chi connectivity index (χ0n) is 12.3. The number of amides is 2. The quantitative estimate of drug-likeness (QED) is 0.754. The van der Waals surface area contributed by atoms with Crippen LogP contribution in [-0.2, 0) is 9.59 Å². The van der Waals surface area contributed by atoms with Gasteiger partial charge in [0.1, 0.15) is 0 Å². The van der Waals surface area contributed by atoms with Gasteiger partial charge in [0.25, 0.3) is 0 Å². The molecule has 2 fully saturated rings. The number of nitrogens with one attached hydrogen (secondary N) is 1. The summed E-state index contributed by atoms with van der Waals surface area (Å²) in [7, 11) is 0. The molecule has 0 saturated carbocycles. The van der Waals surface area contributed by atoms with Crippen molar-refractivity contribution >= 4 is 23.6 Å². The lowest BCUT2D eigenvalue weighted by molar-refractivity contribution is -0.140. The van der Waals surface area contributed by atoms with E-state index in [0.717, 1.165) is 51.2 Å². The van der Waals surface area contributed by atoms with Crippen LogP contribution in [0.25, 0.3) is 0 Å². The van der Waals surface area contributed by atoms with E-state index in [2.05, 4.69) is 11.6 Å². The van der Waals surface area contributed by atoms with Crippen LogP contribution < -0.4 is 5.32 Å². The molecule has 0 aromatic heterocycles. The van der Waals surface area contributed by atoms with Crippen LogP contribution in [0.5, 0.6) is 0 Å². The highest BCUT2D eigenvalue weighted by Crippen LogP contribution is 2.18. The van der Waals surface area contributed by atoms with E-state index < -0.39 is 0 Å². The monoisotopic (exact) mass is 299 g/mol. The molecule has 0 aromatic rings. The Balaban J connectivity index is 1.84. The Morgan fingerprint density at radius 1 is 1.45 bits per heavy atom. The largest absolute Gasteiger partial charge is 0.341 e. The Hall–Kier alpha value is -0.750. The number of carbonyl (C=O) groups is 2. The van der Waals surface area contributed by atoms with Crippen molar-refractivity contribution in [3.63, 3.8) is 0 Å². The first kappa shape index (κ1) is 15.6.